The van der Waals surface area contributed by atoms with Gasteiger partial charge < -0.3 is 14.8 Å². The van der Waals surface area contributed by atoms with Crippen LogP contribution in [0.2, 0.25) is 5.02 Å². The monoisotopic (exact) mass is 438 g/mol. The number of benzene rings is 2. The van der Waals surface area contributed by atoms with E-state index in [0.717, 1.165) is 5.56 Å². The summed E-state index contributed by atoms with van der Waals surface area (Å²) in [6.07, 6.45) is 1.04. The fourth-order valence-electron chi connectivity index (χ4n) is 3.36. The summed E-state index contributed by atoms with van der Waals surface area (Å²) in [5.74, 6) is 0.360. The van der Waals surface area contributed by atoms with Gasteiger partial charge in [-0.1, -0.05) is 17.7 Å². The van der Waals surface area contributed by atoms with E-state index in [4.69, 9.17) is 21.1 Å². The van der Waals surface area contributed by atoms with Crippen LogP contribution in [-0.2, 0) is 14.8 Å². The first kappa shape index (κ1) is 21.4. The van der Waals surface area contributed by atoms with Crippen molar-refractivity contribution in [1.29, 1.82) is 0 Å². The number of carbonyl (C=O) groups excluding carboxylic acids is 1. The maximum absolute atomic E-state index is 13.2. The Bertz CT molecular complexity index is 1030. The van der Waals surface area contributed by atoms with Gasteiger partial charge >= 0.3 is 0 Å². The topological polar surface area (TPSA) is 84.9 Å². The van der Waals surface area contributed by atoms with E-state index in [0.29, 0.717) is 35.1 Å². The highest BCUT2D eigenvalue weighted by atomic mass is 35.5. The molecule has 0 aromatic heterocycles. The summed E-state index contributed by atoms with van der Waals surface area (Å²) >= 11 is 6.11. The van der Waals surface area contributed by atoms with Crippen LogP contribution in [0.5, 0.6) is 11.5 Å². The van der Waals surface area contributed by atoms with Crippen LogP contribution in [0, 0.1) is 6.92 Å². The Morgan fingerprint density at radius 1 is 1.17 bits per heavy atom. The van der Waals surface area contributed by atoms with Crippen molar-refractivity contribution in [2.75, 3.05) is 26.1 Å². The molecule has 0 bridgehead atoms. The number of methoxy groups -OCH3 is 2. The van der Waals surface area contributed by atoms with Crippen LogP contribution < -0.4 is 14.8 Å². The van der Waals surface area contributed by atoms with Gasteiger partial charge in [0.25, 0.3) is 0 Å². The molecule has 1 amide bonds. The van der Waals surface area contributed by atoms with Crippen LogP contribution in [-0.4, -0.2) is 45.4 Å². The zero-order valence-electron chi connectivity index (χ0n) is 16.4. The van der Waals surface area contributed by atoms with Crippen molar-refractivity contribution in [3.05, 3.63) is 47.0 Å². The third kappa shape index (κ3) is 4.19. The highest BCUT2D eigenvalue weighted by Gasteiger charge is 2.39. The molecule has 1 aliphatic rings. The van der Waals surface area contributed by atoms with Crippen LogP contribution in [0.25, 0.3) is 0 Å². The molecule has 2 aromatic carbocycles. The van der Waals surface area contributed by atoms with Crippen LogP contribution in [0.1, 0.15) is 18.4 Å². The predicted molar refractivity (Wildman–Crippen MR) is 111 cm³/mol. The summed E-state index contributed by atoms with van der Waals surface area (Å²) in [5.41, 5.74) is 1.30. The minimum absolute atomic E-state index is 0.0498. The molecular formula is C20H23ClN2O5S. The number of nitrogens with zero attached hydrogens (tertiary/aromatic N) is 1. The van der Waals surface area contributed by atoms with Crippen molar-refractivity contribution < 1.29 is 22.7 Å². The number of anilines is 1. The van der Waals surface area contributed by atoms with Crippen LogP contribution in [0.4, 0.5) is 5.69 Å². The number of halogens is 1. The molecule has 1 N–H and O–H groups in total. The van der Waals surface area contributed by atoms with Gasteiger partial charge in [0, 0.05) is 23.3 Å². The Hall–Kier alpha value is -2.29. The number of rotatable bonds is 6. The average Bonchev–Trinajstić information content (AvgIpc) is 3.21. The molecule has 1 atom stereocenters. The zero-order chi connectivity index (χ0) is 21.2. The van der Waals surface area contributed by atoms with Crippen molar-refractivity contribution in [2.45, 2.75) is 30.7 Å². The highest BCUT2D eigenvalue weighted by molar-refractivity contribution is 7.89. The first-order chi connectivity index (χ1) is 13.8. The molecule has 1 saturated heterocycles. The first-order valence-corrected chi connectivity index (χ1v) is 10.9. The minimum atomic E-state index is -3.89. The lowest BCUT2D eigenvalue weighted by Gasteiger charge is -2.24. The molecule has 3 rings (SSSR count). The number of ether oxygens (including phenoxy) is 2. The minimum Gasteiger partial charge on any atom is -0.493 e. The van der Waals surface area contributed by atoms with Gasteiger partial charge in [-0.2, -0.15) is 4.31 Å². The van der Waals surface area contributed by atoms with E-state index in [1.165, 1.54) is 36.7 Å². The Balaban J connectivity index is 1.87. The second kappa shape index (κ2) is 8.61. The van der Waals surface area contributed by atoms with Crippen molar-refractivity contribution in [3.8, 4) is 11.5 Å². The van der Waals surface area contributed by atoms with Gasteiger partial charge in [-0.3, -0.25) is 4.79 Å². The fourth-order valence-corrected chi connectivity index (χ4v) is 5.21. The predicted octanol–water partition coefficient (Wildman–Crippen LogP) is 3.46. The molecule has 9 heteroatoms. The summed E-state index contributed by atoms with van der Waals surface area (Å²) in [6, 6.07) is 8.79. The molecule has 7 nitrogen and oxygen atoms in total. The van der Waals surface area contributed by atoms with E-state index in [1.807, 2.05) is 0 Å². The summed E-state index contributed by atoms with van der Waals surface area (Å²) in [5, 5.41) is 3.34. The third-order valence-corrected chi connectivity index (χ3v) is 7.31. The largest absolute Gasteiger partial charge is 0.493 e. The molecule has 29 heavy (non-hydrogen) atoms. The molecular weight excluding hydrogens is 416 g/mol. The van der Waals surface area contributed by atoms with Crippen molar-refractivity contribution in [1.82, 2.24) is 4.31 Å². The second-order valence-electron chi connectivity index (χ2n) is 6.69. The highest BCUT2D eigenvalue weighted by Crippen LogP contribution is 2.33. The lowest BCUT2D eigenvalue weighted by Crippen LogP contribution is -2.43. The van der Waals surface area contributed by atoms with E-state index < -0.39 is 16.1 Å². The van der Waals surface area contributed by atoms with Gasteiger partial charge in [-0.25, -0.2) is 8.42 Å². The third-order valence-electron chi connectivity index (χ3n) is 4.99. The molecule has 156 valence electrons. The number of hydrogen-bond acceptors (Lipinski definition) is 5. The van der Waals surface area contributed by atoms with Gasteiger partial charge in [0.15, 0.2) is 11.5 Å². The number of sulfonamides is 1. The molecule has 2 aromatic rings. The van der Waals surface area contributed by atoms with Gasteiger partial charge in [0.1, 0.15) is 6.04 Å². The Kier molecular flexibility index (Phi) is 6.36. The average molecular weight is 439 g/mol. The van der Waals surface area contributed by atoms with Gasteiger partial charge in [-0.15, -0.1) is 0 Å². The van der Waals surface area contributed by atoms with E-state index in [2.05, 4.69) is 5.32 Å². The normalized spacial score (nSPS) is 17.2. The molecule has 1 heterocycles. The SMILES string of the molecule is COc1ccc(S(=O)(=O)N2CCCC2C(=O)Nc2cccc(Cl)c2C)cc1OC. The van der Waals surface area contributed by atoms with Crippen molar-refractivity contribution in [3.63, 3.8) is 0 Å². The molecule has 0 saturated carbocycles. The van der Waals surface area contributed by atoms with E-state index in [1.54, 1.807) is 25.1 Å². The van der Waals surface area contributed by atoms with Gasteiger partial charge in [0.05, 0.1) is 19.1 Å². The number of nitrogens with one attached hydrogen (secondary N) is 1. The quantitative estimate of drug-likeness (QED) is 0.746. The second-order valence-corrected chi connectivity index (χ2v) is 8.99. The van der Waals surface area contributed by atoms with Gasteiger partial charge in [0.2, 0.25) is 15.9 Å². The summed E-state index contributed by atoms with van der Waals surface area (Å²) in [7, 11) is -0.975. The molecule has 0 aliphatic carbocycles. The fraction of sp³-hybridized carbons (Fsp3) is 0.350. The zero-order valence-corrected chi connectivity index (χ0v) is 18.0. The molecule has 1 fully saturated rings. The molecule has 1 aliphatic heterocycles. The standard InChI is InChI=1S/C20H23ClN2O5S/c1-13-15(21)6-4-7-16(13)22-20(24)17-8-5-11-23(17)29(25,26)14-9-10-18(27-2)19(12-14)28-3/h4,6-7,9-10,12,17H,5,8,11H2,1-3H3,(H,22,24). The van der Waals surface area contributed by atoms with Gasteiger partial charge in [-0.05, 0) is 49.6 Å². The maximum atomic E-state index is 13.2. The first-order valence-electron chi connectivity index (χ1n) is 9.09. The number of hydrogen-bond donors (Lipinski definition) is 1. The van der Waals surface area contributed by atoms with Crippen LogP contribution in [0.15, 0.2) is 41.3 Å². The van der Waals surface area contributed by atoms with E-state index >= 15 is 0 Å². The molecule has 0 spiro atoms. The summed E-state index contributed by atoms with van der Waals surface area (Å²) in [6.45, 7) is 2.06. The lowest BCUT2D eigenvalue weighted by atomic mass is 10.1. The Morgan fingerprint density at radius 3 is 2.59 bits per heavy atom. The van der Waals surface area contributed by atoms with Crippen molar-refractivity contribution in [2.24, 2.45) is 0 Å². The number of amides is 1. The van der Waals surface area contributed by atoms with E-state index in [9.17, 15) is 13.2 Å². The lowest BCUT2D eigenvalue weighted by molar-refractivity contribution is -0.119. The maximum Gasteiger partial charge on any atom is 0.243 e. The van der Waals surface area contributed by atoms with Crippen LogP contribution in [0.3, 0.4) is 0 Å². The van der Waals surface area contributed by atoms with Crippen molar-refractivity contribution >= 4 is 33.2 Å². The van der Waals surface area contributed by atoms with E-state index in [-0.39, 0.29) is 17.3 Å². The number of carbonyl (C=O) groups is 1. The summed E-state index contributed by atoms with van der Waals surface area (Å²) < 4.78 is 38.1. The Morgan fingerprint density at radius 2 is 1.90 bits per heavy atom. The molecule has 0 radical (unpaired) electrons. The molecule has 1 unspecified atom stereocenters. The smallest absolute Gasteiger partial charge is 0.243 e. The summed E-state index contributed by atoms with van der Waals surface area (Å²) in [4.78, 5) is 12.9. The Labute approximate surface area is 175 Å². The van der Waals surface area contributed by atoms with Crippen LogP contribution >= 0.6 is 11.6 Å².